The predicted octanol–water partition coefficient (Wildman–Crippen LogP) is 3.18. The highest BCUT2D eigenvalue weighted by molar-refractivity contribution is 9.10. The molecule has 0 aromatic heterocycles. The third-order valence-corrected chi connectivity index (χ3v) is 3.86. The number of likely N-dealkylation sites (tertiary alicyclic amines) is 1. The third kappa shape index (κ3) is 3.19. The molecule has 1 aromatic rings. The van der Waals surface area contributed by atoms with Crippen molar-refractivity contribution in [1.82, 2.24) is 4.90 Å². The number of aliphatic carboxylic acids is 1. The highest BCUT2D eigenvalue weighted by atomic mass is 79.9. The molecule has 1 fully saturated rings. The third-order valence-electron chi connectivity index (χ3n) is 2.97. The molecular weight excluding hydrogens is 336 g/mol. The largest absolute Gasteiger partial charge is 0.480 e. The molecule has 1 aliphatic rings. The minimum absolute atomic E-state index is 0.409. The van der Waals surface area contributed by atoms with Crippen molar-refractivity contribution in [3.63, 3.8) is 0 Å². The number of hydrogen-bond acceptors (Lipinski definition) is 2. The first kappa shape index (κ1) is 14.1. The number of carboxylic acids is 1. The van der Waals surface area contributed by atoms with Crippen LogP contribution >= 0.6 is 27.5 Å². The standard InChI is InChI=1S/C12H12BrClN2O3/c13-8-6-7(14)3-4-9(8)15-12(19)16-5-1-2-10(16)11(17)18/h3-4,6,10H,1-2,5H2,(H,15,19)(H,17,18). The summed E-state index contributed by atoms with van der Waals surface area (Å²) in [6, 6.07) is 3.83. The molecule has 0 radical (unpaired) electrons. The van der Waals surface area contributed by atoms with Gasteiger partial charge in [0.25, 0.3) is 0 Å². The van der Waals surface area contributed by atoms with Crippen LogP contribution in [0.15, 0.2) is 22.7 Å². The molecule has 1 heterocycles. The van der Waals surface area contributed by atoms with Crippen molar-refractivity contribution in [3.05, 3.63) is 27.7 Å². The van der Waals surface area contributed by atoms with Crippen LogP contribution in [0.2, 0.25) is 5.02 Å². The minimum atomic E-state index is -0.970. The highest BCUT2D eigenvalue weighted by Crippen LogP contribution is 2.27. The van der Waals surface area contributed by atoms with E-state index in [-0.39, 0.29) is 0 Å². The van der Waals surface area contributed by atoms with Gasteiger partial charge < -0.3 is 15.3 Å². The Balaban J connectivity index is 2.10. The Morgan fingerprint density at radius 1 is 1.47 bits per heavy atom. The number of benzene rings is 1. The minimum Gasteiger partial charge on any atom is -0.480 e. The molecule has 1 aliphatic heterocycles. The van der Waals surface area contributed by atoms with Gasteiger partial charge in [0.05, 0.1) is 5.69 Å². The van der Waals surface area contributed by atoms with Crippen LogP contribution in [-0.2, 0) is 4.79 Å². The Morgan fingerprint density at radius 3 is 2.84 bits per heavy atom. The maximum absolute atomic E-state index is 12.1. The molecule has 19 heavy (non-hydrogen) atoms. The summed E-state index contributed by atoms with van der Waals surface area (Å²) in [4.78, 5) is 24.4. The molecule has 1 atom stereocenters. The SMILES string of the molecule is O=C(O)C1CCCN1C(=O)Nc1ccc(Cl)cc1Br. The number of anilines is 1. The van der Waals surface area contributed by atoms with Crippen LogP contribution in [0.5, 0.6) is 0 Å². The lowest BCUT2D eigenvalue weighted by Gasteiger charge is -2.22. The van der Waals surface area contributed by atoms with Crippen LogP contribution in [-0.4, -0.2) is 34.6 Å². The van der Waals surface area contributed by atoms with Crippen molar-refractivity contribution in [3.8, 4) is 0 Å². The van der Waals surface area contributed by atoms with Gasteiger partial charge in [-0.05, 0) is 47.0 Å². The number of halogens is 2. The molecule has 1 saturated heterocycles. The van der Waals surface area contributed by atoms with Gasteiger partial charge >= 0.3 is 12.0 Å². The second-order valence-electron chi connectivity index (χ2n) is 4.24. The molecule has 7 heteroatoms. The van der Waals surface area contributed by atoms with Crippen molar-refractivity contribution in [2.45, 2.75) is 18.9 Å². The van der Waals surface area contributed by atoms with Crippen molar-refractivity contribution in [2.24, 2.45) is 0 Å². The van der Waals surface area contributed by atoms with Gasteiger partial charge in [-0.15, -0.1) is 0 Å². The van der Waals surface area contributed by atoms with Gasteiger partial charge in [0.1, 0.15) is 6.04 Å². The Bertz CT molecular complexity index is 524. The van der Waals surface area contributed by atoms with E-state index in [4.69, 9.17) is 16.7 Å². The highest BCUT2D eigenvalue weighted by Gasteiger charge is 2.34. The average molecular weight is 348 g/mol. The first-order valence-electron chi connectivity index (χ1n) is 5.74. The summed E-state index contributed by atoms with van der Waals surface area (Å²) < 4.78 is 0.652. The summed E-state index contributed by atoms with van der Waals surface area (Å²) in [5.74, 6) is -0.970. The lowest BCUT2D eigenvalue weighted by Crippen LogP contribution is -2.42. The number of amides is 2. The Morgan fingerprint density at radius 2 is 2.21 bits per heavy atom. The van der Waals surface area contributed by atoms with Crippen molar-refractivity contribution in [2.75, 3.05) is 11.9 Å². The van der Waals surface area contributed by atoms with E-state index in [2.05, 4.69) is 21.2 Å². The number of nitrogens with one attached hydrogen (secondary N) is 1. The molecule has 0 saturated carbocycles. The summed E-state index contributed by atoms with van der Waals surface area (Å²) in [6.45, 7) is 0.452. The summed E-state index contributed by atoms with van der Waals surface area (Å²) in [5.41, 5.74) is 0.561. The van der Waals surface area contributed by atoms with E-state index < -0.39 is 18.0 Å². The van der Waals surface area contributed by atoms with E-state index in [0.29, 0.717) is 34.6 Å². The number of nitrogens with zero attached hydrogens (tertiary/aromatic N) is 1. The molecule has 2 N–H and O–H groups in total. The second-order valence-corrected chi connectivity index (χ2v) is 5.53. The summed E-state index contributed by atoms with van der Waals surface area (Å²) in [5, 5.41) is 12.3. The van der Waals surface area contributed by atoms with E-state index in [1.807, 2.05) is 0 Å². The van der Waals surface area contributed by atoms with Gasteiger partial charge in [0, 0.05) is 16.0 Å². The number of carboxylic acid groups (broad SMARTS) is 1. The maximum atomic E-state index is 12.1. The van der Waals surface area contributed by atoms with E-state index in [1.165, 1.54) is 4.90 Å². The van der Waals surface area contributed by atoms with Gasteiger partial charge in [-0.25, -0.2) is 9.59 Å². The van der Waals surface area contributed by atoms with E-state index in [9.17, 15) is 9.59 Å². The number of urea groups is 1. The van der Waals surface area contributed by atoms with E-state index >= 15 is 0 Å². The van der Waals surface area contributed by atoms with Gasteiger partial charge in [-0.3, -0.25) is 0 Å². The summed E-state index contributed by atoms with van der Waals surface area (Å²) in [6.07, 6.45) is 1.19. The topological polar surface area (TPSA) is 69.6 Å². The van der Waals surface area contributed by atoms with Crippen LogP contribution in [0.3, 0.4) is 0 Å². The fourth-order valence-electron chi connectivity index (χ4n) is 2.04. The quantitative estimate of drug-likeness (QED) is 0.863. The van der Waals surface area contributed by atoms with Crippen LogP contribution in [0.25, 0.3) is 0 Å². The Labute approximate surface area is 123 Å². The molecule has 5 nitrogen and oxygen atoms in total. The van der Waals surface area contributed by atoms with Gasteiger partial charge in [0.2, 0.25) is 0 Å². The van der Waals surface area contributed by atoms with Crippen LogP contribution in [0.1, 0.15) is 12.8 Å². The predicted molar refractivity (Wildman–Crippen MR) is 75.5 cm³/mol. The van der Waals surface area contributed by atoms with Gasteiger partial charge in [-0.2, -0.15) is 0 Å². The molecule has 1 unspecified atom stereocenters. The number of rotatable bonds is 2. The molecular formula is C12H12BrClN2O3. The number of carbonyl (C=O) groups is 2. The zero-order chi connectivity index (χ0) is 14.0. The van der Waals surface area contributed by atoms with Crippen LogP contribution in [0, 0.1) is 0 Å². The van der Waals surface area contributed by atoms with Gasteiger partial charge in [0.15, 0.2) is 0 Å². The lowest BCUT2D eigenvalue weighted by atomic mass is 10.2. The Kier molecular flexibility index (Phi) is 4.31. The fraction of sp³-hybridized carbons (Fsp3) is 0.333. The molecule has 0 spiro atoms. The first-order chi connectivity index (χ1) is 8.99. The zero-order valence-corrected chi connectivity index (χ0v) is 12.2. The first-order valence-corrected chi connectivity index (χ1v) is 6.91. The lowest BCUT2D eigenvalue weighted by molar-refractivity contribution is -0.141. The maximum Gasteiger partial charge on any atom is 0.326 e. The second kappa shape index (κ2) is 5.79. The summed E-state index contributed by atoms with van der Waals surface area (Å²) in [7, 11) is 0. The smallest absolute Gasteiger partial charge is 0.326 e. The van der Waals surface area contributed by atoms with Crippen LogP contribution < -0.4 is 5.32 Å². The Hall–Kier alpha value is -1.27. The van der Waals surface area contributed by atoms with Crippen LogP contribution in [0.4, 0.5) is 10.5 Å². The van der Waals surface area contributed by atoms with Crippen molar-refractivity contribution in [1.29, 1.82) is 0 Å². The molecule has 0 bridgehead atoms. The van der Waals surface area contributed by atoms with Crippen molar-refractivity contribution < 1.29 is 14.7 Å². The van der Waals surface area contributed by atoms with Crippen molar-refractivity contribution >= 4 is 45.2 Å². The fourth-order valence-corrected chi connectivity index (χ4v) is 2.83. The molecule has 102 valence electrons. The average Bonchev–Trinajstić information content (AvgIpc) is 2.82. The van der Waals surface area contributed by atoms with E-state index in [0.717, 1.165) is 0 Å². The summed E-state index contributed by atoms with van der Waals surface area (Å²) >= 11 is 9.11. The normalized spacial score (nSPS) is 18.4. The molecule has 1 aromatic carbocycles. The zero-order valence-electron chi connectivity index (χ0n) is 9.90. The molecule has 0 aliphatic carbocycles. The number of carbonyl (C=O) groups excluding carboxylic acids is 1. The molecule has 2 amide bonds. The monoisotopic (exact) mass is 346 g/mol. The molecule has 2 rings (SSSR count). The van der Waals surface area contributed by atoms with E-state index in [1.54, 1.807) is 18.2 Å². The van der Waals surface area contributed by atoms with Gasteiger partial charge in [-0.1, -0.05) is 11.6 Å². The number of hydrogen-bond donors (Lipinski definition) is 2.